The quantitative estimate of drug-likeness (QED) is 0.696. The lowest BCUT2D eigenvalue weighted by atomic mass is 9.74. The van der Waals surface area contributed by atoms with E-state index in [1.165, 1.54) is 11.1 Å². The fourth-order valence-corrected chi connectivity index (χ4v) is 3.69. The van der Waals surface area contributed by atoms with Gasteiger partial charge in [-0.05, 0) is 29.4 Å². The molecule has 1 fully saturated rings. The van der Waals surface area contributed by atoms with Crippen molar-refractivity contribution < 1.29 is 4.79 Å². The summed E-state index contributed by atoms with van der Waals surface area (Å²) in [5, 5.41) is 0. The molecule has 1 aromatic carbocycles. The van der Waals surface area contributed by atoms with E-state index in [0.29, 0.717) is 6.04 Å². The monoisotopic (exact) mass is 257 g/mol. The molecule has 0 spiro atoms. The van der Waals surface area contributed by atoms with Crippen LogP contribution in [0.2, 0.25) is 0 Å². The molecule has 2 atom stereocenters. The summed E-state index contributed by atoms with van der Waals surface area (Å²) in [4.78, 5) is 14.8. The van der Waals surface area contributed by atoms with Crippen LogP contribution in [0.3, 0.4) is 0 Å². The molecule has 102 valence electrons. The van der Waals surface area contributed by atoms with Gasteiger partial charge in [-0.1, -0.05) is 52.0 Å². The lowest BCUT2D eigenvalue weighted by Gasteiger charge is -2.32. The number of amides is 1. The van der Waals surface area contributed by atoms with Gasteiger partial charge in [0.15, 0.2) is 0 Å². The molecular formula is C17H23NO. The molecule has 1 heterocycles. The van der Waals surface area contributed by atoms with Crippen LogP contribution in [-0.4, -0.2) is 17.4 Å². The SMILES string of the molecule is CC(C)(C)C(=O)N1C[C@@]2(C)Cc3ccccc3[C@@H]1C2. The lowest BCUT2D eigenvalue weighted by Crippen LogP contribution is -2.39. The molecule has 1 aliphatic heterocycles. The van der Waals surface area contributed by atoms with Crippen molar-refractivity contribution in [1.82, 2.24) is 4.90 Å². The standard InChI is InChI=1S/C17H23NO/c1-16(2,3)15(19)18-11-17(4)9-12-7-5-6-8-13(12)14(18)10-17/h5-8,14H,9-11H2,1-4H3/t14-,17-/m0/s1. The Hall–Kier alpha value is -1.31. The first kappa shape index (κ1) is 12.7. The van der Waals surface area contributed by atoms with E-state index in [-0.39, 0.29) is 16.7 Å². The molecule has 2 heteroatoms. The van der Waals surface area contributed by atoms with E-state index in [2.05, 4.69) is 36.1 Å². The molecule has 1 aromatic rings. The summed E-state index contributed by atoms with van der Waals surface area (Å²) in [6.45, 7) is 9.29. The zero-order chi connectivity index (χ0) is 13.8. The van der Waals surface area contributed by atoms with Gasteiger partial charge in [0.2, 0.25) is 5.91 Å². The van der Waals surface area contributed by atoms with Crippen LogP contribution in [0.5, 0.6) is 0 Å². The van der Waals surface area contributed by atoms with Crippen LogP contribution in [0, 0.1) is 10.8 Å². The molecule has 19 heavy (non-hydrogen) atoms. The minimum atomic E-state index is -0.289. The third-order valence-corrected chi connectivity index (χ3v) is 4.55. The maximum Gasteiger partial charge on any atom is 0.228 e. The molecule has 0 N–H and O–H groups in total. The Morgan fingerprint density at radius 1 is 1.32 bits per heavy atom. The second-order valence-electron chi connectivity index (χ2n) is 7.59. The van der Waals surface area contributed by atoms with Gasteiger partial charge in [0, 0.05) is 12.0 Å². The third-order valence-electron chi connectivity index (χ3n) is 4.55. The normalized spacial score (nSPS) is 29.3. The van der Waals surface area contributed by atoms with Crippen LogP contribution in [0.25, 0.3) is 0 Å². The van der Waals surface area contributed by atoms with Gasteiger partial charge in [0.05, 0.1) is 6.04 Å². The number of rotatable bonds is 0. The molecule has 2 aliphatic rings. The van der Waals surface area contributed by atoms with Crippen LogP contribution in [0.4, 0.5) is 0 Å². The van der Waals surface area contributed by atoms with E-state index < -0.39 is 0 Å². The smallest absolute Gasteiger partial charge is 0.228 e. The molecule has 3 rings (SSSR count). The van der Waals surface area contributed by atoms with Crippen LogP contribution in [0.1, 0.15) is 51.3 Å². The number of hydrogen-bond donors (Lipinski definition) is 0. The van der Waals surface area contributed by atoms with E-state index in [4.69, 9.17) is 0 Å². The fourth-order valence-electron chi connectivity index (χ4n) is 3.69. The summed E-state index contributed by atoms with van der Waals surface area (Å²) >= 11 is 0. The van der Waals surface area contributed by atoms with Crippen molar-refractivity contribution in [2.45, 2.75) is 46.6 Å². The zero-order valence-electron chi connectivity index (χ0n) is 12.4. The fraction of sp³-hybridized carbons (Fsp3) is 0.588. The summed E-state index contributed by atoms with van der Waals surface area (Å²) < 4.78 is 0. The van der Waals surface area contributed by atoms with Gasteiger partial charge in [-0.2, -0.15) is 0 Å². The van der Waals surface area contributed by atoms with E-state index >= 15 is 0 Å². The summed E-state index contributed by atoms with van der Waals surface area (Å²) in [6, 6.07) is 8.93. The van der Waals surface area contributed by atoms with Gasteiger partial charge in [-0.15, -0.1) is 0 Å². The molecule has 2 bridgehead atoms. The van der Waals surface area contributed by atoms with E-state index in [1.807, 2.05) is 20.8 Å². The molecule has 1 amide bonds. The maximum atomic E-state index is 12.7. The first-order valence-electron chi connectivity index (χ1n) is 7.19. The van der Waals surface area contributed by atoms with Crippen molar-refractivity contribution in [1.29, 1.82) is 0 Å². The van der Waals surface area contributed by atoms with Gasteiger partial charge in [-0.25, -0.2) is 0 Å². The van der Waals surface area contributed by atoms with Crippen molar-refractivity contribution in [3.05, 3.63) is 35.4 Å². The topological polar surface area (TPSA) is 20.3 Å². The Labute approximate surface area is 115 Å². The Kier molecular flexibility index (Phi) is 2.57. The van der Waals surface area contributed by atoms with E-state index in [9.17, 15) is 4.79 Å². The molecule has 2 nitrogen and oxygen atoms in total. The third kappa shape index (κ3) is 1.98. The lowest BCUT2D eigenvalue weighted by molar-refractivity contribution is -0.140. The zero-order valence-corrected chi connectivity index (χ0v) is 12.4. The van der Waals surface area contributed by atoms with Gasteiger partial charge in [0.1, 0.15) is 0 Å². The molecule has 0 radical (unpaired) electrons. The Morgan fingerprint density at radius 3 is 2.68 bits per heavy atom. The first-order chi connectivity index (χ1) is 8.80. The first-order valence-corrected chi connectivity index (χ1v) is 7.19. The van der Waals surface area contributed by atoms with E-state index in [0.717, 1.165) is 19.4 Å². The van der Waals surface area contributed by atoms with Crippen LogP contribution in [-0.2, 0) is 11.2 Å². The summed E-state index contributed by atoms with van der Waals surface area (Å²) in [7, 11) is 0. The van der Waals surface area contributed by atoms with Crippen molar-refractivity contribution in [3.63, 3.8) is 0 Å². The average molecular weight is 257 g/mol. The number of benzene rings is 1. The minimum absolute atomic E-state index is 0.264. The number of fused-ring (bicyclic) bond motifs is 4. The van der Waals surface area contributed by atoms with Crippen molar-refractivity contribution in [2.24, 2.45) is 10.8 Å². The van der Waals surface area contributed by atoms with Crippen molar-refractivity contribution in [3.8, 4) is 0 Å². The molecule has 0 saturated carbocycles. The molecule has 1 aliphatic carbocycles. The highest BCUT2D eigenvalue weighted by atomic mass is 16.2. The van der Waals surface area contributed by atoms with Crippen LogP contribution in [0.15, 0.2) is 24.3 Å². The van der Waals surface area contributed by atoms with Crippen LogP contribution >= 0.6 is 0 Å². The van der Waals surface area contributed by atoms with Gasteiger partial charge < -0.3 is 4.90 Å². The largest absolute Gasteiger partial charge is 0.335 e. The second-order valence-corrected chi connectivity index (χ2v) is 7.59. The Balaban J connectivity index is 2.02. The summed E-state index contributed by atoms with van der Waals surface area (Å²) in [5.74, 6) is 0.290. The highest BCUT2D eigenvalue weighted by Gasteiger charge is 2.49. The predicted octanol–water partition coefficient (Wildman–Crippen LogP) is 3.57. The van der Waals surface area contributed by atoms with Gasteiger partial charge in [0.25, 0.3) is 0 Å². The molecule has 0 unspecified atom stereocenters. The Morgan fingerprint density at radius 2 is 2.00 bits per heavy atom. The summed E-state index contributed by atoms with van der Waals surface area (Å²) in [5.41, 5.74) is 2.78. The number of carbonyl (C=O) groups excluding carboxylic acids is 1. The number of hydrogen-bond acceptors (Lipinski definition) is 1. The summed E-state index contributed by atoms with van der Waals surface area (Å²) in [6.07, 6.45) is 2.22. The van der Waals surface area contributed by atoms with Gasteiger partial charge in [-0.3, -0.25) is 4.79 Å². The Bertz CT molecular complexity index is 528. The number of likely N-dealkylation sites (tertiary alicyclic amines) is 1. The van der Waals surface area contributed by atoms with Crippen molar-refractivity contribution >= 4 is 5.91 Å². The van der Waals surface area contributed by atoms with Crippen LogP contribution < -0.4 is 0 Å². The number of nitrogens with zero attached hydrogens (tertiary/aromatic N) is 1. The van der Waals surface area contributed by atoms with Crippen molar-refractivity contribution in [2.75, 3.05) is 6.54 Å². The van der Waals surface area contributed by atoms with E-state index in [1.54, 1.807) is 0 Å². The highest BCUT2D eigenvalue weighted by Crippen LogP contribution is 2.51. The number of carbonyl (C=O) groups is 1. The second kappa shape index (κ2) is 3.84. The van der Waals surface area contributed by atoms with Gasteiger partial charge >= 0.3 is 0 Å². The maximum absolute atomic E-state index is 12.7. The molecular weight excluding hydrogens is 234 g/mol. The highest BCUT2D eigenvalue weighted by molar-refractivity contribution is 5.82. The average Bonchev–Trinajstić information content (AvgIpc) is 2.60. The molecule has 1 saturated heterocycles. The predicted molar refractivity (Wildman–Crippen MR) is 76.8 cm³/mol. The minimum Gasteiger partial charge on any atom is -0.335 e. The molecule has 0 aromatic heterocycles.